The van der Waals surface area contributed by atoms with Gasteiger partial charge in [-0.1, -0.05) is 36.4 Å². The average Bonchev–Trinajstić information content (AvgIpc) is 3.38. The van der Waals surface area contributed by atoms with Gasteiger partial charge in [-0.15, -0.1) is 22.7 Å². The molecule has 0 bridgehead atoms. The smallest absolute Gasteiger partial charge is 0.231 e. The predicted molar refractivity (Wildman–Crippen MR) is 123 cm³/mol. The highest BCUT2D eigenvalue weighted by Gasteiger charge is 2.16. The second-order valence-electron chi connectivity index (χ2n) is 7.08. The zero-order valence-electron chi connectivity index (χ0n) is 16.1. The Morgan fingerprint density at radius 1 is 1.07 bits per heavy atom. The molecule has 0 fully saturated rings. The van der Waals surface area contributed by atoms with Crippen molar-refractivity contribution in [1.82, 2.24) is 9.97 Å². The number of nitrogens with zero attached hydrogens (tertiary/aromatic N) is 1. The lowest BCUT2D eigenvalue weighted by Gasteiger charge is -2.01. The molecule has 6 heteroatoms. The number of aryl methyl sites for hydroxylation is 2. The SMILES string of the molecule is Cc1[nH]c2ccccc2c1-c1csc(NC(=O)Cc2sc3ccccc3c2C)n1. The third kappa shape index (κ3) is 3.24. The predicted octanol–water partition coefficient (Wildman–Crippen LogP) is 6.30. The number of thiophene rings is 1. The number of nitrogens with one attached hydrogen (secondary N) is 2. The number of anilines is 1. The van der Waals surface area contributed by atoms with Crippen LogP contribution in [0.1, 0.15) is 16.1 Å². The van der Waals surface area contributed by atoms with E-state index in [1.54, 1.807) is 11.3 Å². The van der Waals surface area contributed by atoms with Crippen LogP contribution < -0.4 is 5.32 Å². The molecular weight excluding hydrogens is 398 g/mol. The fourth-order valence-corrected chi connectivity index (χ4v) is 5.68. The van der Waals surface area contributed by atoms with E-state index in [9.17, 15) is 4.79 Å². The van der Waals surface area contributed by atoms with E-state index in [1.807, 2.05) is 29.6 Å². The van der Waals surface area contributed by atoms with Crippen molar-refractivity contribution in [2.24, 2.45) is 0 Å². The standard InChI is InChI=1S/C23H19N3OS2/c1-13-15-7-4-6-10-19(15)29-20(13)11-21(27)26-23-25-18(12-28-23)22-14(2)24-17-9-5-3-8-16(17)22/h3-10,12,24H,11H2,1-2H3,(H,25,26,27). The number of benzene rings is 2. The Bertz CT molecular complexity index is 1360. The number of aromatic amines is 1. The zero-order valence-corrected chi connectivity index (χ0v) is 17.7. The molecule has 2 aromatic carbocycles. The fourth-order valence-electron chi connectivity index (χ4n) is 3.76. The third-order valence-electron chi connectivity index (χ3n) is 5.16. The van der Waals surface area contributed by atoms with Gasteiger partial charge in [0.25, 0.3) is 0 Å². The van der Waals surface area contributed by atoms with Crippen molar-refractivity contribution in [2.75, 3.05) is 5.32 Å². The Labute approximate surface area is 176 Å². The van der Waals surface area contributed by atoms with Gasteiger partial charge >= 0.3 is 0 Å². The Hall–Kier alpha value is -2.96. The number of carbonyl (C=O) groups excluding carboxylic acids is 1. The second-order valence-corrected chi connectivity index (χ2v) is 9.07. The first-order valence-electron chi connectivity index (χ1n) is 9.40. The van der Waals surface area contributed by atoms with Gasteiger partial charge in [-0.2, -0.15) is 0 Å². The van der Waals surface area contributed by atoms with E-state index < -0.39 is 0 Å². The fraction of sp³-hybridized carbons (Fsp3) is 0.130. The number of para-hydroxylation sites is 1. The van der Waals surface area contributed by atoms with Crippen molar-refractivity contribution in [3.05, 3.63) is 70.0 Å². The number of hydrogen-bond acceptors (Lipinski definition) is 4. The van der Waals surface area contributed by atoms with Gasteiger partial charge in [-0.25, -0.2) is 4.98 Å². The molecule has 0 aliphatic rings. The highest BCUT2D eigenvalue weighted by Crippen LogP contribution is 2.34. The van der Waals surface area contributed by atoms with Crippen molar-refractivity contribution in [2.45, 2.75) is 20.3 Å². The maximum Gasteiger partial charge on any atom is 0.231 e. The quantitative estimate of drug-likeness (QED) is 0.360. The van der Waals surface area contributed by atoms with Gasteiger partial charge in [0, 0.05) is 37.1 Å². The summed E-state index contributed by atoms with van der Waals surface area (Å²) in [5.41, 5.74) is 5.35. The lowest BCUT2D eigenvalue weighted by molar-refractivity contribution is -0.115. The first kappa shape index (κ1) is 18.1. The van der Waals surface area contributed by atoms with E-state index in [4.69, 9.17) is 0 Å². The van der Waals surface area contributed by atoms with Gasteiger partial charge in [-0.3, -0.25) is 4.79 Å². The minimum Gasteiger partial charge on any atom is -0.358 e. The maximum atomic E-state index is 12.6. The number of H-pyrrole nitrogens is 1. The Morgan fingerprint density at radius 2 is 1.83 bits per heavy atom. The van der Waals surface area contributed by atoms with Crippen LogP contribution in [-0.2, 0) is 11.2 Å². The summed E-state index contributed by atoms with van der Waals surface area (Å²) in [6, 6.07) is 16.5. The molecule has 0 atom stereocenters. The molecule has 0 aliphatic carbocycles. The summed E-state index contributed by atoms with van der Waals surface area (Å²) in [5.74, 6) is -0.0313. The van der Waals surface area contributed by atoms with Gasteiger partial charge in [0.05, 0.1) is 12.1 Å². The van der Waals surface area contributed by atoms with Crippen molar-refractivity contribution < 1.29 is 4.79 Å². The molecule has 0 spiro atoms. The molecule has 3 aromatic heterocycles. The van der Waals surface area contributed by atoms with Gasteiger partial charge in [-0.05, 0) is 36.9 Å². The lowest BCUT2D eigenvalue weighted by atomic mass is 10.1. The normalized spacial score (nSPS) is 11.4. The number of aromatic nitrogens is 2. The largest absolute Gasteiger partial charge is 0.358 e. The lowest BCUT2D eigenvalue weighted by Crippen LogP contribution is -2.14. The number of rotatable bonds is 4. The van der Waals surface area contributed by atoms with E-state index in [0.717, 1.165) is 32.7 Å². The van der Waals surface area contributed by atoms with Crippen LogP contribution in [0.3, 0.4) is 0 Å². The zero-order chi connectivity index (χ0) is 20.0. The minimum absolute atomic E-state index is 0.0313. The van der Waals surface area contributed by atoms with Crippen LogP contribution >= 0.6 is 22.7 Å². The van der Waals surface area contributed by atoms with E-state index in [2.05, 4.69) is 53.4 Å². The summed E-state index contributed by atoms with van der Waals surface area (Å²) in [4.78, 5) is 21.8. The van der Waals surface area contributed by atoms with Crippen LogP contribution in [0.4, 0.5) is 5.13 Å². The van der Waals surface area contributed by atoms with Crippen LogP contribution in [0, 0.1) is 13.8 Å². The van der Waals surface area contributed by atoms with E-state index >= 15 is 0 Å². The van der Waals surface area contributed by atoms with Gasteiger partial charge < -0.3 is 10.3 Å². The van der Waals surface area contributed by atoms with Crippen LogP contribution in [0.2, 0.25) is 0 Å². The molecule has 0 saturated carbocycles. The first-order valence-corrected chi connectivity index (χ1v) is 11.1. The van der Waals surface area contributed by atoms with Gasteiger partial charge in [0.1, 0.15) is 0 Å². The van der Waals surface area contributed by atoms with E-state index in [-0.39, 0.29) is 5.91 Å². The molecule has 144 valence electrons. The van der Waals surface area contributed by atoms with Gasteiger partial charge in [0.15, 0.2) is 5.13 Å². The van der Waals surface area contributed by atoms with E-state index in [0.29, 0.717) is 11.6 Å². The summed E-state index contributed by atoms with van der Waals surface area (Å²) in [6.07, 6.45) is 0.367. The molecule has 3 heterocycles. The average molecular weight is 418 g/mol. The van der Waals surface area contributed by atoms with Crippen molar-refractivity contribution in [3.63, 3.8) is 0 Å². The van der Waals surface area contributed by atoms with Gasteiger partial charge in [0.2, 0.25) is 5.91 Å². The van der Waals surface area contributed by atoms with Crippen molar-refractivity contribution >= 4 is 54.7 Å². The number of thiazole rings is 1. The minimum atomic E-state index is -0.0313. The Morgan fingerprint density at radius 3 is 2.66 bits per heavy atom. The summed E-state index contributed by atoms with van der Waals surface area (Å²) in [5, 5.41) is 7.99. The Kier molecular flexibility index (Phi) is 4.45. The maximum absolute atomic E-state index is 12.6. The van der Waals surface area contributed by atoms with Crippen molar-refractivity contribution in [1.29, 1.82) is 0 Å². The number of carbonyl (C=O) groups is 1. The van der Waals surface area contributed by atoms with Crippen LogP contribution in [0.25, 0.3) is 32.2 Å². The molecule has 0 unspecified atom stereocenters. The van der Waals surface area contributed by atoms with Crippen molar-refractivity contribution in [3.8, 4) is 11.3 Å². The van der Waals surface area contributed by atoms with Crippen LogP contribution in [-0.4, -0.2) is 15.9 Å². The van der Waals surface area contributed by atoms with E-state index in [1.165, 1.54) is 27.0 Å². The molecule has 4 nitrogen and oxygen atoms in total. The number of amides is 1. The summed E-state index contributed by atoms with van der Waals surface area (Å²) < 4.78 is 1.22. The summed E-state index contributed by atoms with van der Waals surface area (Å²) >= 11 is 3.15. The molecule has 29 heavy (non-hydrogen) atoms. The topological polar surface area (TPSA) is 57.8 Å². The monoisotopic (exact) mass is 417 g/mol. The molecule has 5 aromatic rings. The van der Waals surface area contributed by atoms with Crippen LogP contribution in [0.5, 0.6) is 0 Å². The molecule has 0 aliphatic heterocycles. The number of fused-ring (bicyclic) bond motifs is 2. The molecule has 2 N–H and O–H groups in total. The van der Waals surface area contributed by atoms with Crippen LogP contribution in [0.15, 0.2) is 53.9 Å². The molecule has 0 radical (unpaired) electrons. The second kappa shape index (κ2) is 7.13. The molecule has 0 saturated heterocycles. The molecular formula is C23H19N3OS2. The number of hydrogen-bond donors (Lipinski definition) is 2. The highest BCUT2D eigenvalue weighted by atomic mass is 32.1. The highest BCUT2D eigenvalue weighted by molar-refractivity contribution is 7.19. The first-order chi connectivity index (χ1) is 14.1. The third-order valence-corrected chi connectivity index (χ3v) is 7.19. The molecule has 1 amide bonds. The summed E-state index contributed by atoms with van der Waals surface area (Å²) in [6.45, 7) is 4.14. The summed E-state index contributed by atoms with van der Waals surface area (Å²) in [7, 11) is 0. The Balaban J connectivity index is 1.37. The molecule has 5 rings (SSSR count).